The van der Waals surface area contributed by atoms with E-state index >= 15 is 0 Å². The van der Waals surface area contributed by atoms with E-state index in [4.69, 9.17) is 0 Å². The van der Waals surface area contributed by atoms with Crippen molar-refractivity contribution in [1.29, 1.82) is 0 Å². The number of carbonyl (C=O) groups excluding carboxylic acids is 1. The minimum atomic E-state index is -4.39. The standard InChI is InChI=1S/C25H25F3N6O/c1-17(18-3-6-21(7-4-18)25(26,27)28)24(35)33-11-9-32(10-12-33)23-14-30-34-16-19(5-8-22(23)34)20-13-29-31(2)15-20/h3-8,13-17H,9-12H2,1-2H3/t17-/m0/s1. The summed E-state index contributed by atoms with van der Waals surface area (Å²) in [5, 5.41) is 8.74. The summed E-state index contributed by atoms with van der Waals surface area (Å²) in [6.07, 6.45) is 3.19. The zero-order valence-electron chi connectivity index (χ0n) is 19.4. The third-order valence-corrected chi connectivity index (χ3v) is 6.57. The number of hydrogen-bond donors (Lipinski definition) is 0. The number of anilines is 1. The van der Waals surface area contributed by atoms with Gasteiger partial charge in [-0.05, 0) is 30.7 Å². The van der Waals surface area contributed by atoms with Crippen LogP contribution in [0.5, 0.6) is 0 Å². The van der Waals surface area contributed by atoms with E-state index in [1.165, 1.54) is 12.1 Å². The van der Waals surface area contributed by atoms with Crippen molar-refractivity contribution in [2.75, 3.05) is 31.1 Å². The molecule has 7 nitrogen and oxygen atoms in total. The van der Waals surface area contributed by atoms with Crippen LogP contribution in [0.1, 0.15) is 24.0 Å². The Balaban J connectivity index is 1.25. The van der Waals surface area contributed by atoms with Crippen molar-refractivity contribution in [2.24, 2.45) is 7.05 Å². The van der Waals surface area contributed by atoms with E-state index in [-0.39, 0.29) is 5.91 Å². The van der Waals surface area contributed by atoms with Crippen molar-refractivity contribution in [3.63, 3.8) is 0 Å². The predicted molar refractivity (Wildman–Crippen MR) is 126 cm³/mol. The topological polar surface area (TPSA) is 58.7 Å². The second-order valence-electron chi connectivity index (χ2n) is 8.83. The Morgan fingerprint density at radius 2 is 1.63 bits per heavy atom. The highest BCUT2D eigenvalue weighted by Gasteiger charge is 2.31. The van der Waals surface area contributed by atoms with Crippen LogP contribution >= 0.6 is 0 Å². The van der Waals surface area contributed by atoms with E-state index in [0.717, 1.165) is 34.5 Å². The molecule has 1 saturated heterocycles. The number of fused-ring (bicyclic) bond motifs is 1. The number of aryl methyl sites for hydroxylation is 1. The van der Waals surface area contributed by atoms with E-state index in [2.05, 4.69) is 15.1 Å². The Labute approximate surface area is 200 Å². The number of pyridine rings is 1. The van der Waals surface area contributed by atoms with Gasteiger partial charge in [-0.3, -0.25) is 9.48 Å². The van der Waals surface area contributed by atoms with Gasteiger partial charge in [0.1, 0.15) is 0 Å². The first-order valence-electron chi connectivity index (χ1n) is 11.4. The van der Waals surface area contributed by atoms with Crippen molar-refractivity contribution in [3.05, 3.63) is 72.3 Å². The molecule has 1 aliphatic heterocycles. The van der Waals surface area contributed by atoms with Crippen molar-refractivity contribution in [3.8, 4) is 11.1 Å². The first-order chi connectivity index (χ1) is 16.7. The number of halogens is 3. The normalized spacial score (nSPS) is 15.6. The molecule has 0 radical (unpaired) electrons. The van der Waals surface area contributed by atoms with Gasteiger partial charge < -0.3 is 9.80 Å². The summed E-state index contributed by atoms with van der Waals surface area (Å²) in [6.45, 7) is 4.11. The van der Waals surface area contributed by atoms with E-state index in [9.17, 15) is 18.0 Å². The molecule has 1 fully saturated rings. The van der Waals surface area contributed by atoms with Crippen LogP contribution in [0.4, 0.5) is 18.9 Å². The van der Waals surface area contributed by atoms with Crippen LogP contribution in [-0.4, -0.2) is 56.4 Å². The number of nitrogens with zero attached hydrogens (tertiary/aromatic N) is 6. The lowest BCUT2D eigenvalue weighted by molar-refractivity contribution is -0.137. The van der Waals surface area contributed by atoms with E-state index in [1.807, 2.05) is 48.5 Å². The maximum absolute atomic E-state index is 13.0. The first-order valence-corrected chi connectivity index (χ1v) is 11.4. The number of hydrogen-bond acceptors (Lipinski definition) is 4. The summed E-state index contributed by atoms with van der Waals surface area (Å²) in [5.74, 6) is -0.586. The van der Waals surface area contributed by atoms with Gasteiger partial charge in [-0.2, -0.15) is 23.4 Å². The zero-order valence-corrected chi connectivity index (χ0v) is 19.4. The molecule has 0 bridgehead atoms. The second kappa shape index (κ2) is 8.75. The maximum Gasteiger partial charge on any atom is 0.416 e. The lowest BCUT2D eigenvalue weighted by Gasteiger charge is -2.36. The molecule has 10 heteroatoms. The molecule has 182 valence electrons. The van der Waals surface area contributed by atoms with E-state index < -0.39 is 17.7 Å². The number of rotatable bonds is 4. The SMILES string of the molecule is C[C@H](C(=O)N1CCN(c2cnn3cc(-c4cnn(C)c4)ccc23)CC1)c1ccc(C(F)(F)F)cc1. The fourth-order valence-corrected chi connectivity index (χ4v) is 4.50. The fourth-order valence-electron chi connectivity index (χ4n) is 4.50. The monoisotopic (exact) mass is 482 g/mol. The van der Waals surface area contributed by atoms with Gasteiger partial charge >= 0.3 is 6.18 Å². The Morgan fingerprint density at radius 1 is 0.914 bits per heavy atom. The molecule has 1 atom stereocenters. The van der Waals surface area contributed by atoms with Crippen LogP contribution in [0.15, 0.2) is 61.2 Å². The van der Waals surface area contributed by atoms with Gasteiger partial charge in [0.15, 0.2) is 0 Å². The third-order valence-electron chi connectivity index (χ3n) is 6.57. The molecule has 35 heavy (non-hydrogen) atoms. The molecule has 0 spiro atoms. The van der Waals surface area contributed by atoms with E-state index in [0.29, 0.717) is 31.7 Å². The second-order valence-corrected chi connectivity index (χ2v) is 8.83. The highest BCUT2D eigenvalue weighted by molar-refractivity contribution is 5.84. The molecule has 0 aliphatic carbocycles. The number of alkyl halides is 3. The van der Waals surface area contributed by atoms with Crippen LogP contribution in [0.3, 0.4) is 0 Å². The Kier molecular flexibility index (Phi) is 5.74. The van der Waals surface area contributed by atoms with Gasteiger partial charge in [-0.15, -0.1) is 0 Å². The molecule has 1 amide bonds. The minimum Gasteiger partial charge on any atom is -0.365 e. The van der Waals surface area contributed by atoms with Crippen molar-refractivity contribution >= 4 is 17.1 Å². The lowest BCUT2D eigenvalue weighted by Crippen LogP contribution is -2.49. The summed E-state index contributed by atoms with van der Waals surface area (Å²) in [4.78, 5) is 17.0. The highest BCUT2D eigenvalue weighted by Crippen LogP contribution is 2.31. The fraction of sp³-hybridized carbons (Fsp3) is 0.320. The van der Waals surface area contributed by atoms with Gasteiger partial charge in [-0.1, -0.05) is 18.2 Å². The molecule has 3 aromatic heterocycles. The van der Waals surface area contributed by atoms with Gasteiger partial charge in [0.25, 0.3) is 0 Å². The van der Waals surface area contributed by atoms with Gasteiger partial charge in [0, 0.05) is 56.7 Å². The molecule has 1 aliphatic rings. The van der Waals surface area contributed by atoms with Crippen LogP contribution in [-0.2, 0) is 18.0 Å². The molecule has 4 aromatic rings. The number of carbonyl (C=O) groups is 1. The third kappa shape index (κ3) is 4.48. The van der Waals surface area contributed by atoms with Gasteiger partial charge in [0.05, 0.1) is 35.1 Å². The molecular formula is C25H25F3N6O. The average Bonchev–Trinajstić information content (AvgIpc) is 3.48. The first kappa shape index (κ1) is 22.9. The molecule has 1 aromatic carbocycles. The quantitative estimate of drug-likeness (QED) is 0.438. The summed E-state index contributed by atoms with van der Waals surface area (Å²) in [5.41, 5.74) is 3.89. The van der Waals surface area contributed by atoms with Crippen LogP contribution in [0, 0.1) is 0 Å². The van der Waals surface area contributed by atoms with Crippen molar-refractivity contribution in [1.82, 2.24) is 24.3 Å². The van der Waals surface area contributed by atoms with Crippen LogP contribution < -0.4 is 4.90 Å². The van der Waals surface area contributed by atoms with Crippen molar-refractivity contribution in [2.45, 2.75) is 19.0 Å². The molecule has 0 unspecified atom stereocenters. The highest BCUT2D eigenvalue weighted by atomic mass is 19.4. The summed E-state index contributed by atoms with van der Waals surface area (Å²) in [7, 11) is 1.88. The zero-order chi connectivity index (χ0) is 24.7. The van der Waals surface area contributed by atoms with Crippen molar-refractivity contribution < 1.29 is 18.0 Å². The lowest BCUT2D eigenvalue weighted by atomic mass is 9.98. The Hall–Kier alpha value is -3.82. The molecule has 4 heterocycles. The predicted octanol–water partition coefficient (Wildman–Crippen LogP) is 4.21. The Morgan fingerprint density at radius 3 is 2.26 bits per heavy atom. The number of piperazine rings is 1. The molecule has 5 rings (SSSR count). The number of benzene rings is 1. The van der Waals surface area contributed by atoms with Gasteiger partial charge in [-0.25, -0.2) is 4.52 Å². The average molecular weight is 483 g/mol. The molecular weight excluding hydrogens is 457 g/mol. The smallest absolute Gasteiger partial charge is 0.365 e. The Bertz CT molecular complexity index is 1350. The minimum absolute atomic E-state index is 0.0783. The summed E-state index contributed by atoms with van der Waals surface area (Å²) >= 11 is 0. The van der Waals surface area contributed by atoms with E-state index in [1.54, 1.807) is 16.5 Å². The molecule has 0 N–H and O–H groups in total. The van der Waals surface area contributed by atoms with Gasteiger partial charge in [0.2, 0.25) is 5.91 Å². The maximum atomic E-state index is 13.0. The summed E-state index contributed by atoms with van der Waals surface area (Å²) < 4.78 is 42.1. The number of amides is 1. The number of aromatic nitrogens is 4. The van der Waals surface area contributed by atoms with Crippen LogP contribution in [0.2, 0.25) is 0 Å². The molecule has 0 saturated carbocycles. The largest absolute Gasteiger partial charge is 0.416 e. The van der Waals surface area contributed by atoms with Crippen LogP contribution in [0.25, 0.3) is 16.6 Å². The summed E-state index contributed by atoms with van der Waals surface area (Å²) in [6, 6.07) is 8.92.